The Morgan fingerprint density at radius 1 is 1.08 bits per heavy atom. The third-order valence-corrected chi connectivity index (χ3v) is 4.84. The van der Waals surface area contributed by atoms with E-state index in [0.29, 0.717) is 6.54 Å². The molecule has 7 nitrogen and oxygen atoms in total. The predicted molar refractivity (Wildman–Crippen MR) is 101 cm³/mol. The number of nitrogens with one attached hydrogen (secondary N) is 2. The number of nitrogens with zero attached hydrogens (tertiary/aromatic N) is 2. The number of H-pyrrole nitrogens is 1. The average Bonchev–Trinajstić information content (AvgIpc) is 2.88. The Bertz CT molecular complexity index is 1150. The zero-order chi connectivity index (χ0) is 19.2. The van der Waals surface area contributed by atoms with Crippen LogP contribution in [-0.2, 0) is 20.6 Å². The number of carbonyl (C=O) groups is 1. The third kappa shape index (κ3) is 2.85. The van der Waals surface area contributed by atoms with Crippen molar-refractivity contribution >= 4 is 16.8 Å². The van der Waals surface area contributed by atoms with Gasteiger partial charge in [0.05, 0.1) is 5.52 Å². The Balaban J connectivity index is 1.94. The molecule has 0 aliphatic carbocycles. The maximum absolute atomic E-state index is 12.5. The second-order valence-electron chi connectivity index (χ2n) is 6.67. The van der Waals surface area contributed by atoms with E-state index in [9.17, 15) is 14.4 Å². The number of aryl methyl sites for hydroxylation is 3. The number of amides is 1. The Kier molecular flexibility index (Phi) is 4.31. The molecule has 2 heterocycles. The molecule has 0 saturated heterocycles. The molecule has 3 aromatic rings. The molecule has 3 rings (SSSR count). The molecule has 1 aromatic carbocycles. The van der Waals surface area contributed by atoms with Crippen LogP contribution >= 0.6 is 0 Å². The molecule has 2 N–H and O–H groups in total. The minimum atomic E-state index is -0.531. The van der Waals surface area contributed by atoms with Gasteiger partial charge in [-0.05, 0) is 38.0 Å². The predicted octanol–water partition coefficient (Wildman–Crippen LogP) is 1.42. The quantitative estimate of drug-likeness (QED) is 0.745. The monoisotopic (exact) mass is 354 g/mol. The molecule has 0 radical (unpaired) electrons. The van der Waals surface area contributed by atoms with Gasteiger partial charge in [-0.15, -0.1) is 0 Å². The summed E-state index contributed by atoms with van der Waals surface area (Å²) in [5.74, 6) is -0.461. The van der Waals surface area contributed by atoms with Crippen LogP contribution in [0.4, 0.5) is 0 Å². The standard InChI is InChI=1S/C19H22N4O3/c1-10-6-13(17-14(7-10)11(2)12(3)21-17)9-20-18(25)15-8-16(24)23(5)19(26)22(15)4/h6-8,21H,9H2,1-5H3,(H,20,25). The summed E-state index contributed by atoms with van der Waals surface area (Å²) in [7, 11) is 2.85. The van der Waals surface area contributed by atoms with Gasteiger partial charge < -0.3 is 10.3 Å². The van der Waals surface area contributed by atoms with Crippen LogP contribution in [0.5, 0.6) is 0 Å². The molecular weight excluding hydrogens is 332 g/mol. The lowest BCUT2D eigenvalue weighted by Crippen LogP contribution is -2.41. The lowest BCUT2D eigenvalue weighted by atomic mass is 10.0. The number of rotatable bonds is 3. The summed E-state index contributed by atoms with van der Waals surface area (Å²) in [5.41, 5.74) is 4.33. The van der Waals surface area contributed by atoms with Crippen molar-refractivity contribution in [3.63, 3.8) is 0 Å². The summed E-state index contributed by atoms with van der Waals surface area (Å²) in [6.45, 7) is 6.38. The minimum Gasteiger partial charge on any atom is -0.358 e. The number of carbonyl (C=O) groups excluding carboxylic acids is 1. The second-order valence-corrected chi connectivity index (χ2v) is 6.67. The molecule has 0 aliphatic heterocycles. The van der Waals surface area contributed by atoms with Gasteiger partial charge in [0.1, 0.15) is 5.69 Å². The van der Waals surface area contributed by atoms with E-state index in [0.717, 1.165) is 32.3 Å². The van der Waals surface area contributed by atoms with Gasteiger partial charge in [-0.25, -0.2) is 4.79 Å². The molecule has 0 fully saturated rings. The molecule has 0 spiro atoms. The Morgan fingerprint density at radius 3 is 2.46 bits per heavy atom. The number of aromatic amines is 1. The first-order chi connectivity index (χ1) is 12.2. The van der Waals surface area contributed by atoms with Crippen LogP contribution in [0.25, 0.3) is 10.9 Å². The lowest BCUT2D eigenvalue weighted by Gasteiger charge is -2.11. The maximum atomic E-state index is 12.5. The molecule has 0 bridgehead atoms. The van der Waals surface area contributed by atoms with Crippen molar-refractivity contribution in [2.75, 3.05) is 0 Å². The summed E-state index contributed by atoms with van der Waals surface area (Å²) in [6.07, 6.45) is 0. The molecular formula is C19H22N4O3. The van der Waals surface area contributed by atoms with Crippen LogP contribution in [0.1, 0.15) is 32.9 Å². The van der Waals surface area contributed by atoms with Gasteiger partial charge >= 0.3 is 5.69 Å². The molecule has 2 aromatic heterocycles. The number of aromatic nitrogens is 3. The summed E-state index contributed by atoms with van der Waals surface area (Å²) < 4.78 is 2.14. The van der Waals surface area contributed by atoms with Crippen molar-refractivity contribution in [1.82, 2.24) is 19.4 Å². The maximum Gasteiger partial charge on any atom is 0.331 e. The topological polar surface area (TPSA) is 88.9 Å². The van der Waals surface area contributed by atoms with E-state index in [1.807, 2.05) is 19.9 Å². The number of fused-ring (bicyclic) bond motifs is 1. The zero-order valence-corrected chi connectivity index (χ0v) is 15.6. The van der Waals surface area contributed by atoms with Crippen molar-refractivity contribution in [2.24, 2.45) is 14.1 Å². The van der Waals surface area contributed by atoms with E-state index in [4.69, 9.17) is 0 Å². The highest BCUT2D eigenvalue weighted by atomic mass is 16.2. The van der Waals surface area contributed by atoms with Crippen LogP contribution in [0.15, 0.2) is 27.8 Å². The largest absolute Gasteiger partial charge is 0.358 e. The van der Waals surface area contributed by atoms with Crippen LogP contribution in [0.3, 0.4) is 0 Å². The van der Waals surface area contributed by atoms with Crippen LogP contribution in [0.2, 0.25) is 0 Å². The SMILES string of the molecule is Cc1cc(CNC(=O)c2cc(=O)n(C)c(=O)n2C)c2[nH]c(C)c(C)c2c1. The lowest BCUT2D eigenvalue weighted by molar-refractivity contribution is 0.0940. The van der Waals surface area contributed by atoms with E-state index >= 15 is 0 Å². The Morgan fingerprint density at radius 2 is 1.77 bits per heavy atom. The molecule has 7 heteroatoms. The van der Waals surface area contributed by atoms with Gasteiger partial charge in [-0.3, -0.25) is 18.7 Å². The van der Waals surface area contributed by atoms with Gasteiger partial charge in [-0.1, -0.05) is 11.6 Å². The molecule has 0 saturated carbocycles. The van der Waals surface area contributed by atoms with Gasteiger partial charge in [-0.2, -0.15) is 0 Å². The van der Waals surface area contributed by atoms with Crippen LogP contribution in [0, 0.1) is 20.8 Å². The van der Waals surface area contributed by atoms with Crippen molar-refractivity contribution in [3.8, 4) is 0 Å². The van der Waals surface area contributed by atoms with Crippen LogP contribution < -0.4 is 16.6 Å². The molecule has 0 atom stereocenters. The number of hydrogen-bond acceptors (Lipinski definition) is 3. The molecule has 0 aliphatic rings. The third-order valence-electron chi connectivity index (χ3n) is 4.84. The number of hydrogen-bond donors (Lipinski definition) is 2. The van der Waals surface area contributed by atoms with Crippen molar-refractivity contribution in [1.29, 1.82) is 0 Å². The van der Waals surface area contributed by atoms with E-state index in [2.05, 4.69) is 23.3 Å². The summed E-state index contributed by atoms with van der Waals surface area (Å²) in [5, 5.41) is 3.94. The molecule has 0 unspecified atom stereocenters. The fourth-order valence-electron chi connectivity index (χ4n) is 3.14. The first-order valence-electron chi connectivity index (χ1n) is 8.34. The zero-order valence-electron chi connectivity index (χ0n) is 15.6. The van der Waals surface area contributed by atoms with Gasteiger partial charge in [0.25, 0.3) is 11.5 Å². The highest BCUT2D eigenvalue weighted by molar-refractivity contribution is 5.93. The number of benzene rings is 1. The summed E-state index contributed by atoms with van der Waals surface area (Å²) in [6, 6.07) is 5.30. The van der Waals surface area contributed by atoms with Gasteiger partial charge in [0.2, 0.25) is 0 Å². The van der Waals surface area contributed by atoms with E-state index in [1.54, 1.807) is 0 Å². The Labute approximate surface area is 150 Å². The van der Waals surface area contributed by atoms with E-state index in [1.165, 1.54) is 30.3 Å². The van der Waals surface area contributed by atoms with Gasteiger partial charge in [0, 0.05) is 37.8 Å². The first kappa shape index (κ1) is 17.7. The molecule has 1 amide bonds. The Hall–Kier alpha value is -3.09. The van der Waals surface area contributed by atoms with Crippen molar-refractivity contribution in [2.45, 2.75) is 27.3 Å². The molecule has 26 heavy (non-hydrogen) atoms. The van der Waals surface area contributed by atoms with Crippen LogP contribution in [-0.4, -0.2) is 20.0 Å². The van der Waals surface area contributed by atoms with Crippen molar-refractivity contribution < 1.29 is 4.79 Å². The minimum absolute atomic E-state index is 0.0424. The van der Waals surface area contributed by atoms with E-state index in [-0.39, 0.29) is 5.69 Å². The highest BCUT2D eigenvalue weighted by Gasteiger charge is 2.15. The fraction of sp³-hybridized carbons (Fsp3) is 0.316. The second kappa shape index (κ2) is 6.33. The highest BCUT2D eigenvalue weighted by Crippen LogP contribution is 2.26. The fourth-order valence-corrected chi connectivity index (χ4v) is 3.14. The average molecular weight is 354 g/mol. The summed E-state index contributed by atoms with van der Waals surface area (Å²) in [4.78, 5) is 39.7. The van der Waals surface area contributed by atoms with Crippen molar-refractivity contribution in [3.05, 3.63) is 67.1 Å². The normalized spacial score (nSPS) is 11.1. The first-order valence-corrected chi connectivity index (χ1v) is 8.34. The summed E-state index contributed by atoms with van der Waals surface area (Å²) >= 11 is 0. The molecule has 136 valence electrons. The van der Waals surface area contributed by atoms with E-state index < -0.39 is 17.2 Å². The van der Waals surface area contributed by atoms with Gasteiger partial charge in [0.15, 0.2) is 0 Å². The smallest absolute Gasteiger partial charge is 0.331 e.